The largest absolute Gasteiger partial charge is 0.497 e. The number of methoxy groups -OCH3 is 1. The number of hydrogen-bond donors (Lipinski definition) is 2. The number of para-hydroxylation sites is 1. The summed E-state index contributed by atoms with van der Waals surface area (Å²) < 4.78 is 12.5. The molecule has 1 aromatic heterocycles. The number of carbonyl (C=O) groups is 1. The Morgan fingerprint density at radius 3 is 2.46 bits per heavy atom. The van der Waals surface area contributed by atoms with Gasteiger partial charge in [-0.1, -0.05) is 24.3 Å². The van der Waals surface area contributed by atoms with Crippen molar-refractivity contribution in [2.24, 2.45) is 0 Å². The van der Waals surface area contributed by atoms with Crippen LogP contribution in [0.15, 0.2) is 89.9 Å². The van der Waals surface area contributed by atoms with Gasteiger partial charge < -0.3 is 20.1 Å². The number of anilines is 2. The van der Waals surface area contributed by atoms with E-state index in [1.54, 1.807) is 67.8 Å². The van der Waals surface area contributed by atoms with Gasteiger partial charge in [-0.25, -0.2) is 0 Å². The zero-order valence-corrected chi connectivity index (χ0v) is 19.1. The highest BCUT2D eigenvalue weighted by atomic mass is 16.5. The molecule has 0 atom stereocenters. The van der Waals surface area contributed by atoms with Gasteiger partial charge in [0.25, 0.3) is 11.5 Å². The summed E-state index contributed by atoms with van der Waals surface area (Å²) in [5.41, 5.74) is 1.45. The summed E-state index contributed by atoms with van der Waals surface area (Å²) in [6.45, 7) is 0. The van der Waals surface area contributed by atoms with Gasteiger partial charge in [-0.15, -0.1) is 0 Å². The number of nitrogens with one attached hydrogen (secondary N) is 2. The number of hydrogen-bond acceptors (Lipinski definition) is 6. The van der Waals surface area contributed by atoms with Crippen molar-refractivity contribution in [2.45, 2.75) is 18.9 Å². The van der Waals surface area contributed by atoms with E-state index in [0.717, 1.165) is 12.8 Å². The zero-order chi connectivity index (χ0) is 24.2. The first kappa shape index (κ1) is 22.2. The van der Waals surface area contributed by atoms with Crippen LogP contribution in [0.25, 0.3) is 5.69 Å². The molecule has 4 aromatic rings. The fraction of sp³-hybridized carbons (Fsp3) is 0.148. The van der Waals surface area contributed by atoms with Gasteiger partial charge in [0.1, 0.15) is 11.5 Å². The predicted molar refractivity (Wildman–Crippen MR) is 133 cm³/mol. The van der Waals surface area contributed by atoms with Crippen molar-refractivity contribution in [3.05, 3.63) is 101 Å². The van der Waals surface area contributed by atoms with Gasteiger partial charge in [0.05, 0.1) is 19.0 Å². The van der Waals surface area contributed by atoms with E-state index in [1.807, 2.05) is 18.2 Å². The van der Waals surface area contributed by atoms with Crippen LogP contribution in [0.3, 0.4) is 0 Å². The van der Waals surface area contributed by atoms with Crippen LogP contribution in [0.5, 0.6) is 17.2 Å². The lowest BCUT2D eigenvalue weighted by atomic mass is 10.2. The highest BCUT2D eigenvalue weighted by Crippen LogP contribution is 2.29. The third kappa shape index (κ3) is 5.16. The molecule has 0 spiro atoms. The molecule has 1 aliphatic carbocycles. The van der Waals surface area contributed by atoms with Crippen LogP contribution in [-0.2, 0) is 0 Å². The quantitative estimate of drug-likeness (QED) is 0.390. The van der Waals surface area contributed by atoms with Gasteiger partial charge in [0.15, 0.2) is 11.4 Å². The van der Waals surface area contributed by atoms with Crippen LogP contribution in [0.2, 0.25) is 0 Å². The van der Waals surface area contributed by atoms with E-state index in [9.17, 15) is 9.59 Å². The number of nitrogens with zero attached hydrogens (tertiary/aromatic N) is 2. The number of amides is 1. The minimum absolute atomic E-state index is 0.137. The minimum Gasteiger partial charge on any atom is -0.497 e. The molecule has 8 heteroatoms. The standard InChI is InChI=1S/C27H24N4O4/c1-34-22-14-12-21(13-15-22)31-27(33)25(24(17-28-31)35-23-8-3-2-4-9-23)29-20-7-5-6-18(16-20)26(32)30-19-10-11-19/h2-9,12-17,19,29H,10-11H2,1H3,(H,30,32). The second kappa shape index (κ2) is 9.72. The molecule has 3 aromatic carbocycles. The Morgan fingerprint density at radius 1 is 0.971 bits per heavy atom. The third-order valence-electron chi connectivity index (χ3n) is 5.54. The van der Waals surface area contributed by atoms with Crippen LogP contribution >= 0.6 is 0 Å². The summed E-state index contributed by atoms with van der Waals surface area (Å²) in [7, 11) is 1.58. The van der Waals surface area contributed by atoms with Crippen LogP contribution in [0, 0.1) is 0 Å². The van der Waals surface area contributed by atoms with Gasteiger partial charge in [-0.05, 0) is 67.4 Å². The fourth-order valence-corrected chi connectivity index (χ4v) is 3.53. The molecule has 1 aliphatic rings. The van der Waals surface area contributed by atoms with Crippen molar-refractivity contribution < 1.29 is 14.3 Å². The minimum atomic E-state index is -0.406. The fourth-order valence-electron chi connectivity index (χ4n) is 3.53. The molecule has 1 heterocycles. The van der Waals surface area contributed by atoms with Crippen molar-refractivity contribution in [1.29, 1.82) is 0 Å². The van der Waals surface area contributed by atoms with E-state index in [0.29, 0.717) is 28.4 Å². The van der Waals surface area contributed by atoms with Crippen molar-refractivity contribution in [2.75, 3.05) is 12.4 Å². The summed E-state index contributed by atoms with van der Waals surface area (Å²) in [6.07, 6.45) is 3.50. The Morgan fingerprint density at radius 2 is 1.74 bits per heavy atom. The van der Waals surface area contributed by atoms with Gasteiger partial charge >= 0.3 is 0 Å². The number of benzene rings is 3. The monoisotopic (exact) mass is 468 g/mol. The third-order valence-corrected chi connectivity index (χ3v) is 5.54. The summed E-state index contributed by atoms with van der Waals surface area (Å²) >= 11 is 0. The van der Waals surface area contributed by atoms with Crippen LogP contribution in [-0.4, -0.2) is 28.8 Å². The molecule has 0 aliphatic heterocycles. The van der Waals surface area contributed by atoms with E-state index in [1.165, 1.54) is 10.9 Å². The Balaban J connectivity index is 1.52. The molecule has 0 unspecified atom stereocenters. The summed E-state index contributed by atoms with van der Waals surface area (Å²) in [5, 5.41) is 10.5. The van der Waals surface area contributed by atoms with E-state index in [-0.39, 0.29) is 23.4 Å². The lowest BCUT2D eigenvalue weighted by Crippen LogP contribution is -2.25. The highest BCUT2D eigenvalue weighted by Gasteiger charge is 2.24. The van der Waals surface area contributed by atoms with E-state index in [4.69, 9.17) is 9.47 Å². The van der Waals surface area contributed by atoms with Gasteiger partial charge in [0.2, 0.25) is 0 Å². The molecular formula is C27H24N4O4. The SMILES string of the molecule is COc1ccc(-n2ncc(Oc3ccccc3)c(Nc3cccc(C(=O)NC4CC4)c3)c2=O)cc1. The lowest BCUT2D eigenvalue weighted by molar-refractivity contribution is 0.0951. The number of aromatic nitrogens is 2. The van der Waals surface area contributed by atoms with Crippen molar-refractivity contribution >= 4 is 17.3 Å². The van der Waals surface area contributed by atoms with Crippen molar-refractivity contribution in [1.82, 2.24) is 15.1 Å². The maximum Gasteiger partial charge on any atom is 0.299 e. The zero-order valence-electron chi connectivity index (χ0n) is 19.1. The first-order valence-electron chi connectivity index (χ1n) is 11.3. The van der Waals surface area contributed by atoms with Crippen molar-refractivity contribution in [3.8, 4) is 22.9 Å². The van der Waals surface area contributed by atoms with Crippen LogP contribution in [0.1, 0.15) is 23.2 Å². The van der Waals surface area contributed by atoms with E-state index in [2.05, 4.69) is 15.7 Å². The molecule has 5 rings (SSSR count). The van der Waals surface area contributed by atoms with E-state index >= 15 is 0 Å². The predicted octanol–water partition coefficient (Wildman–Crippen LogP) is 4.67. The van der Waals surface area contributed by atoms with Gasteiger partial charge in [-0.3, -0.25) is 9.59 Å². The number of carbonyl (C=O) groups excluding carboxylic acids is 1. The summed E-state index contributed by atoms with van der Waals surface area (Å²) in [5.74, 6) is 1.36. The van der Waals surface area contributed by atoms with Gasteiger partial charge in [0, 0.05) is 17.3 Å². The Hall–Kier alpha value is -4.59. The highest BCUT2D eigenvalue weighted by molar-refractivity contribution is 5.95. The summed E-state index contributed by atoms with van der Waals surface area (Å²) in [6, 6.07) is 23.4. The second-order valence-corrected chi connectivity index (χ2v) is 8.17. The second-order valence-electron chi connectivity index (χ2n) is 8.17. The molecule has 176 valence electrons. The van der Waals surface area contributed by atoms with Crippen LogP contribution < -0.4 is 25.7 Å². The first-order chi connectivity index (χ1) is 17.1. The molecule has 1 saturated carbocycles. The number of ether oxygens (including phenoxy) is 2. The molecule has 35 heavy (non-hydrogen) atoms. The molecule has 0 radical (unpaired) electrons. The molecule has 0 saturated heterocycles. The smallest absolute Gasteiger partial charge is 0.299 e. The Labute approximate surface area is 202 Å². The average molecular weight is 469 g/mol. The normalized spacial score (nSPS) is 12.6. The number of rotatable bonds is 8. The lowest BCUT2D eigenvalue weighted by Gasteiger charge is -2.15. The van der Waals surface area contributed by atoms with Gasteiger partial charge in [-0.2, -0.15) is 9.78 Å². The van der Waals surface area contributed by atoms with Crippen LogP contribution in [0.4, 0.5) is 11.4 Å². The summed E-state index contributed by atoms with van der Waals surface area (Å²) in [4.78, 5) is 26.1. The molecular weight excluding hydrogens is 444 g/mol. The Bertz CT molecular complexity index is 1400. The maximum absolute atomic E-state index is 13.6. The molecule has 0 bridgehead atoms. The molecule has 1 amide bonds. The first-order valence-corrected chi connectivity index (χ1v) is 11.3. The molecule has 8 nitrogen and oxygen atoms in total. The Kier molecular flexibility index (Phi) is 6.17. The topological polar surface area (TPSA) is 94.5 Å². The molecule has 1 fully saturated rings. The average Bonchev–Trinajstić information content (AvgIpc) is 3.71. The maximum atomic E-state index is 13.6. The molecule has 2 N–H and O–H groups in total. The van der Waals surface area contributed by atoms with E-state index < -0.39 is 5.56 Å². The van der Waals surface area contributed by atoms with Crippen molar-refractivity contribution in [3.63, 3.8) is 0 Å².